The summed E-state index contributed by atoms with van der Waals surface area (Å²) in [5.41, 5.74) is 1.76. The van der Waals surface area contributed by atoms with Crippen molar-refractivity contribution >= 4 is 34.8 Å². The van der Waals surface area contributed by atoms with Crippen LogP contribution in [0.4, 0.5) is 11.4 Å². The Labute approximate surface area is 197 Å². The van der Waals surface area contributed by atoms with Crippen LogP contribution in [0.5, 0.6) is 5.75 Å². The van der Waals surface area contributed by atoms with E-state index in [0.717, 1.165) is 16.8 Å². The number of halogens is 1. The van der Waals surface area contributed by atoms with Crippen molar-refractivity contribution in [3.05, 3.63) is 88.9 Å². The first-order chi connectivity index (χ1) is 15.9. The molecule has 0 N–H and O–H groups in total. The molecule has 33 heavy (non-hydrogen) atoms. The molecule has 3 aromatic carbocycles. The lowest BCUT2D eigenvalue weighted by atomic mass is 9.76. The second-order valence-corrected chi connectivity index (χ2v) is 8.92. The van der Waals surface area contributed by atoms with Crippen molar-refractivity contribution in [3.63, 3.8) is 0 Å². The van der Waals surface area contributed by atoms with Crippen LogP contribution in [-0.4, -0.2) is 25.0 Å². The SMILES string of the molecule is COc1ccc(C2N(c3ccccc3)OC3C(=O)N(c4ccc(C)c(Cl)c4)C(=O)C32C)cc1. The Balaban J connectivity index is 1.63. The third-order valence-corrected chi connectivity index (χ3v) is 6.94. The molecular formula is C26H23ClN2O4. The number of aryl methyl sites for hydroxylation is 1. The van der Waals surface area contributed by atoms with Crippen LogP contribution in [0.1, 0.15) is 24.1 Å². The van der Waals surface area contributed by atoms with Gasteiger partial charge in [0.05, 0.1) is 24.5 Å². The zero-order valence-corrected chi connectivity index (χ0v) is 19.2. The number of para-hydroxylation sites is 1. The van der Waals surface area contributed by atoms with Gasteiger partial charge in [0.1, 0.15) is 11.2 Å². The molecule has 0 radical (unpaired) electrons. The van der Waals surface area contributed by atoms with Gasteiger partial charge in [0.2, 0.25) is 5.91 Å². The molecule has 0 aromatic heterocycles. The highest BCUT2D eigenvalue weighted by Gasteiger charge is 2.68. The van der Waals surface area contributed by atoms with Crippen LogP contribution in [0.2, 0.25) is 5.02 Å². The first kappa shape index (κ1) is 21.5. The Morgan fingerprint density at radius 1 is 0.970 bits per heavy atom. The van der Waals surface area contributed by atoms with E-state index in [-0.39, 0.29) is 5.91 Å². The van der Waals surface area contributed by atoms with Gasteiger partial charge in [-0.05, 0) is 61.4 Å². The maximum absolute atomic E-state index is 13.9. The van der Waals surface area contributed by atoms with E-state index in [2.05, 4.69) is 0 Å². The van der Waals surface area contributed by atoms with Crippen molar-refractivity contribution in [1.82, 2.24) is 0 Å². The predicted octanol–water partition coefficient (Wildman–Crippen LogP) is 5.10. The van der Waals surface area contributed by atoms with Crippen LogP contribution in [0.25, 0.3) is 0 Å². The Hall–Kier alpha value is -3.35. The molecule has 3 unspecified atom stereocenters. The topological polar surface area (TPSA) is 59.1 Å². The normalized spacial score (nSPS) is 24.4. The average molecular weight is 463 g/mol. The van der Waals surface area contributed by atoms with Gasteiger partial charge in [-0.3, -0.25) is 14.4 Å². The minimum atomic E-state index is -1.15. The molecular weight excluding hydrogens is 440 g/mol. The summed E-state index contributed by atoms with van der Waals surface area (Å²) in [6.45, 7) is 3.67. The standard InChI is InChI=1S/C26H23ClN2O4/c1-16-9-12-19(15-21(16)27)28-24(30)23-26(2,25(28)31)22(17-10-13-20(32-3)14-11-17)29(33-23)18-7-5-4-6-8-18/h4-15,22-23H,1-3H3. The molecule has 2 saturated heterocycles. The largest absolute Gasteiger partial charge is 0.497 e. The Morgan fingerprint density at radius 3 is 2.30 bits per heavy atom. The molecule has 0 saturated carbocycles. The molecule has 2 heterocycles. The van der Waals surface area contributed by atoms with Gasteiger partial charge in [-0.2, -0.15) is 0 Å². The highest BCUT2D eigenvalue weighted by molar-refractivity contribution is 6.32. The van der Waals surface area contributed by atoms with Gasteiger partial charge in [0.25, 0.3) is 5.91 Å². The summed E-state index contributed by atoms with van der Waals surface area (Å²) in [6, 6.07) is 21.6. The van der Waals surface area contributed by atoms with E-state index in [0.29, 0.717) is 16.5 Å². The number of ether oxygens (including phenoxy) is 1. The fourth-order valence-electron chi connectivity index (χ4n) is 4.68. The van der Waals surface area contributed by atoms with E-state index in [1.54, 1.807) is 37.3 Å². The molecule has 0 aliphatic carbocycles. The van der Waals surface area contributed by atoms with Crippen molar-refractivity contribution < 1.29 is 19.2 Å². The van der Waals surface area contributed by atoms with E-state index < -0.39 is 23.5 Å². The number of nitrogens with zero attached hydrogens (tertiary/aromatic N) is 2. The molecule has 5 rings (SSSR count). The van der Waals surface area contributed by atoms with Gasteiger partial charge in [-0.25, -0.2) is 9.96 Å². The van der Waals surface area contributed by atoms with E-state index in [4.69, 9.17) is 21.2 Å². The van der Waals surface area contributed by atoms with Crippen LogP contribution < -0.4 is 14.7 Å². The lowest BCUT2D eigenvalue weighted by Crippen LogP contribution is -2.41. The van der Waals surface area contributed by atoms with Crippen LogP contribution in [0.3, 0.4) is 0 Å². The van der Waals surface area contributed by atoms with Crippen LogP contribution >= 0.6 is 11.6 Å². The first-order valence-corrected chi connectivity index (χ1v) is 11.0. The quantitative estimate of drug-likeness (QED) is 0.505. The van der Waals surface area contributed by atoms with E-state index in [9.17, 15) is 9.59 Å². The van der Waals surface area contributed by atoms with Gasteiger partial charge in [0, 0.05) is 5.02 Å². The van der Waals surface area contributed by atoms with Gasteiger partial charge in [-0.15, -0.1) is 0 Å². The van der Waals surface area contributed by atoms with E-state index >= 15 is 0 Å². The summed E-state index contributed by atoms with van der Waals surface area (Å²) in [5.74, 6) is -0.0218. The van der Waals surface area contributed by atoms with E-state index in [1.165, 1.54) is 4.90 Å². The van der Waals surface area contributed by atoms with Crippen molar-refractivity contribution in [2.45, 2.75) is 26.0 Å². The smallest absolute Gasteiger partial charge is 0.266 e. The Morgan fingerprint density at radius 2 is 1.67 bits per heavy atom. The van der Waals surface area contributed by atoms with Crippen LogP contribution in [0.15, 0.2) is 72.8 Å². The monoisotopic (exact) mass is 462 g/mol. The Kier molecular flexibility index (Phi) is 5.15. The fourth-order valence-corrected chi connectivity index (χ4v) is 4.85. The number of benzene rings is 3. The molecule has 0 spiro atoms. The minimum Gasteiger partial charge on any atom is -0.497 e. The molecule has 0 bridgehead atoms. The lowest BCUT2D eigenvalue weighted by Gasteiger charge is -2.32. The van der Waals surface area contributed by atoms with Crippen molar-refractivity contribution in [3.8, 4) is 5.75 Å². The Bertz CT molecular complexity index is 1230. The number of anilines is 2. The number of methoxy groups -OCH3 is 1. The number of imide groups is 1. The molecule has 3 atom stereocenters. The zero-order valence-electron chi connectivity index (χ0n) is 18.5. The fraction of sp³-hybridized carbons (Fsp3) is 0.231. The second kappa shape index (κ2) is 7.90. The molecule has 3 aromatic rings. The molecule has 7 heteroatoms. The van der Waals surface area contributed by atoms with E-state index in [1.807, 2.05) is 61.5 Å². The summed E-state index contributed by atoms with van der Waals surface area (Å²) in [6.07, 6.45) is -0.975. The summed E-state index contributed by atoms with van der Waals surface area (Å²) in [4.78, 5) is 34.9. The molecule has 2 aliphatic heterocycles. The maximum atomic E-state index is 13.9. The number of amides is 2. The second-order valence-electron chi connectivity index (χ2n) is 8.52. The van der Waals surface area contributed by atoms with Gasteiger partial charge >= 0.3 is 0 Å². The predicted molar refractivity (Wildman–Crippen MR) is 126 cm³/mol. The number of hydrogen-bond donors (Lipinski definition) is 0. The zero-order chi connectivity index (χ0) is 23.3. The van der Waals surface area contributed by atoms with Gasteiger partial charge < -0.3 is 4.74 Å². The molecule has 6 nitrogen and oxygen atoms in total. The maximum Gasteiger partial charge on any atom is 0.266 e. The number of fused-ring (bicyclic) bond motifs is 1. The number of hydrogen-bond acceptors (Lipinski definition) is 5. The first-order valence-electron chi connectivity index (χ1n) is 10.7. The van der Waals surface area contributed by atoms with Crippen molar-refractivity contribution in [2.75, 3.05) is 17.1 Å². The van der Waals surface area contributed by atoms with Crippen molar-refractivity contribution in [2.24, 2.45) is 5.41 Å². The lowest BCUT2D eigenvalue weighted by molar-refractivity contribution is -0.128. The number of carbonyl (C=O) groups is 2. The highest BCUT2D eigenvalue weighted by Crippen LogP contribution is 2.55. The third kappa shape index (κ3) is 3.21. The molecule has 2 amide bonds. The summed E-state index contributed by atoms with van der Waals surface area (Å²) in [7, 11) is 1.60. The number of rotatable bonds is 4. The van der Waals surface area contributed by atoms with Crippen LogP contribution in [0, 0.1) is 12.3 Å². The summed E-state index contributed by atoms with van der Waals surface area (Å²) < 4.78 is 5.30. The number of carbonyl (C=O) groups excluding carboxylic acids is 2. The van der Waals surface area contributed by atoms with Gasteiger partial charge in [-0.1, -0.05) is 48.0 Å². The minimum absolute atomic E-state index is 0.323. The average Bonchev–Trinajstić information content (AvgIpc) is 3.24. The molecule has 168 valence electrons. The van der Waals surface area contributed by atoms with Gasteiger partial charge in [0.15, 0.2) is 6.10 Å². The summed E-state index contributed by atoms with van der Waals surface area (Å²) in [5, 5.41) is 2.18. The molecule has 2 fully saturated rings. The van der Waals surface area contributed by atoms with Crippen LogP contribution in [-0.2, 0) is 14.4 Å². The molecule has 2 aliphatic rings. The van der Waals surface area contributed by atoms with Crippen molar-refractivity contribution in [1.29, 1.82) is 0 Å². The third-order valence-electron chi connectivity index (χ3n) is 6.53. The highest BCUT2D eigenvalue weighted by atomic mass is 35.5. The summed E-state index contributed by atoms with van der Waals surface area (Å²) >= 11 is 6.30. The number of hydroxylamine groups is 1.